The summed E-state index contributed by atoms with van der Waals surface area (Å²) in [6.07, 6.45) is 1.75. The predicted molar refractivity (Wildman–Crippen MR) is 147 cm³/mol. The summed E-state index contributed by atoms with van der Waals surface area (Å²) in [4.78, 5) is 17.0. The Morgan fingerprint density at radius 2 is 1.55 bits per heavy atom. The van der Waals surface area contributed by atoms with E-state index < -0.39 is 5.97 Å². The lowest BCUT2D eigenvalue weighted by Crippen LogP contribution is -2.05. The minimum absolute atomic E-state index is 0.280. The average molecular weight is 657 g/mol. The molecule has 0 amide bonds. The Labute approximate surface area is 218 Å². The number of esters is 1. The molecule has 1 aliphatic rings. The second-order valence-electron chi connectivity index (χ2n) is 7.49. The SMILES string of the molecule is O=C1OC(c2ccc3ccccc3c2)=N/C1=C\c1cc(I)c(OCc2ccccc2)c(I)c1. The standard InChI is InChI=1S/C27H17I2NO3/c28-22-12-18(13-23(29)25(22)32-16-17-6-2-1-3-7-17)14-24-27(31)33-26(30-24)21-11-10-19-8-4-5-9-20(19)15-21/h1-15H,16H2/b24-14-. The van der Waals surface area contributed by atoms with E-state index in [4.69, 9.17) is 9.47 Å². The number of aliphatic imine (C=N–C) groups is 1. The maximum absolute atomic E-state index is 12.5. The van der Waals surface area contributed by atoms with Gasteiger partial charge in [-0.15, -0.1) is 0 Å². The molecule has 0 atom stereocenters. The fourth-order valence-electron chi connectivity index (χ4n) is 3.54. The summed E-state index contributed by atoms with van der Waals surface area (Å²) in [5.41, 5.74) is 3.04. The van der Waals surface area contributed by atoms with Crippen molar-refractivity contribution >= 4 is 73.9 Å². The van der Waals surface area contributed by atoms with Crippen molar-refractivity contribution < 1.29 is 14.3 Å². The smallest absolute Gasteiger partial charge is 0.363 e. The van der Waals surface area contributed by atoms with Gasteiger partial charge in [0.2, 0.25) is 5.90 Å². The number of fused-ring (bicyclic) bond motifs is 1. The molecule has 4 nitrogen and oxygen atoms in total. The van der Waals surface area contributed by atoms with Crippen molar-refractivity contribution in [2.24, 2.45) is 4.99 Å². The number of benzene rings is 4. The van der Waals surface area contributed by atoms with Crippen molar-refractivity contribution in [3.05, 3.63) is 114 Å². The third kappa shape index (κ3) is 4.96. The van der Waals surface area contributed by atoms with Crippen LogP contribution in [0.25, 0.3) is 16.8 Å². The summed E-state index contributed by atoms with van der Waals surface area (Å²) >= 11 is 4.51. The van der Waals surface area contributed by atoms with Gasteiger partial charge in [-0.2, -0.15) is 0 Å². The van der Waals surface area contributed by atoms with E-state index in [9.17, 15) is 4.79 Å². The highest BCUT2D eigenvalue weighted by atomic mass is 127. The van der Waals surface area contributed by atoms with E-state index in [1.165, 1.54) is 0 Å². The summed E-state index contributed by atoms with van der Waals surface area (Å²) in [5, 5.41) is 2.20. The average Bonchev–Trinajstić information content (AvgIpc) is 3.19. The Kier molecular flexibility index (Phi) is 6.45. The number of nitrogens with zero attached hydrogens (tertiary/aromatic N) is 1. The molecule has 33 heavy (non-hydrogen) atoms. The molecule has 1 heterocycles. The zero-order valence-electron chi connectivity index (χ0n) is 17.3. The van der Waals surface area contributed by atoms with Gasteiger partial charge in [-0.1, -0.05) is 60.7 Å². The molecule has 4 aromatic carbocycles. The van der Waals surface area contributed by atoms with E-state index in [0.717, 1.165) is 40.4 Å². The highest BCUT2D eigenvalue weighted by Crippen LogP contribution is 2.31. The third-order valence-electron chi connectivity index (χ3n) is 5.17. The van der Waals surface area contributed by atoms with Crippen LogP contribution in [-0.2, 0) is 16.1 Å². The zero-order chi connectivity index (χ0) is 22.8. The van der Waals surface area contributed by atoms with Gasteiger partial charge in [0.25, 0.3) is 0 Å². The van der Waals surface area contributed by atoms with Crippen LogP contribution in [0.4, 0.5) is 0 Å². The van der Waals surface area contributed by atoms with Crippen LogP contribution in [0, 0.1) is 7.14 Å². The minimum atomic E-state index is -0.451. The quantitative estimate of drug-likeness (QED) is 0.132. The van der Waals surface area contributed by atoms with Gasteiger partial charge in [0, 0.05) is 5.56 Å². The molecule has 0 spiro atoms. The Morgan fingerprint density at radius 1 is 0.848 bits per heavy atom. The Morgan fingerprint density at radius 3 is 2.30 bits per heavy atom. The van der Waals surface area contributed by atoms with Crippen LogP contribution in [0.3, 0.4) is 0 Å². The molecule has 0 fully saturated rings. The van der Waals surface area contributed by atoms with Crippen LogP contribution in [0.5, 0.6) is 5.75 Å². The van der Waals surface area contributed by atoms with Gasteiger partial charge in [-0.05, 0) is 97.4 Å². The number of carbonyl (C=O) groups excluding carboxylic acids is 1. The molecular formula is C27H17I2NO3. The van der Waals surface area contributed by atoms with Crippen LogP contribution < -0.4 is 4.74 Å². The second kappa shape index (κ2) is 9.64. The number of carbonyl (C=O) groups is 1. The molecule has 1 aliphatic heterocycles. The lowest BCUT2D eigenvalue weighted by Gasteiger charge is -2.11. The largest absolute Gasteiger partial charge is 0.487 e. The van der Waals surface area contributed by atoms with Crippen molar-refractivity contribution in [2.45, 2.75) is 6.61 Å². The molecule has 4 aromatic rings. The topological polar surface area (TPSA) is 47.9 Å². The summed E-state index contributed by atoms with van der Waals surface area (Å²) in [6.45, 7) is 0.499. The van der Waals surface area contributed by atoms with E-state index in [1.807, 2.05) is 84.9 Å². The number of rotatable bonds is 5. The van der Waals surface area contributed by atoms with Crippen LogP contribution in [0.15, 0.2) is 95.6 Å². The third-order valence-corrected chi connectivity index (χ3v) is 6.77. The van der Waals surface area contributed by atoms with E-state index in [0.29, 0.717) is 12.5 Å². The van der Waals surface area contributed by atoms with E-state index in [2.05, 4.69) is 50.2 Å². The maximum Gasteiger partial charge on any atom is 0.363 e. The molecule has 0 bridgehead atoms. The van der Waals surface area contributed by atoms with Crippen LogP contribution >= 0.6 is 45.2 Å². The van der Waals surface area contributed by atoms with Gasteiger partial charge in [0.15, 0.2) is 5.70 Å². The first-order valence-corrected chi connectivity index (χ1v) is 12.4. The van der Waals surface area contributed by atoms with Crippen molar-refractivity contribution in [1.82, 2.24) is 0 Å². The van der Waals surface area contributed by atoms with Crippen molar-refractivity contribution in [2.75, 3.05) is 0 Å². The molecule has 0 radical (unpaired) electrons. The molecule has 0 saturated heterocycles. The Bertz CT molecular complexity index is 1410. The fourth-order valence-corrected chi connectivity index (χ4v) is 5.67. The molecule has 0 aromatic heterocycles. The Balaban J connectivity index is 1.39. The molecule has 0 saturated carbocycles. The van der Waals surface area contributed by atoms with Crippen molar-refractivity contribution in [3.8, 4) is 5.75 Å². The molecule has 0 aliphatic carbocycles. The number of halogens is 2. The maximum atomic E-state index is 12.5. The predicted octanol–water partition coefficient (Wildman–Crippen LogP) is 6.97. The van der Waals surface area contributed by atoms with E-state index in [-0.39, 0.29) is 5.70 Å². The summed E-state index contributed by atoms with van der Waals surface area (Å²) in [5.74, 6) is 0.702. The van der Waals surface area contributed by atoms with Gasteiger partial charge in [0.1, 0.15) is 12.4 Å². The lowest BCUT2D eigenvalue weighted by molar-refractivity contribution is -0.129. The van der Waals surface area contributed by atoms with Crippen molar-refractivity contribution in [1.29, 1.82) is 0 Å². The van der Waals surface area contributed by atoms with E-state index >= 15 is 0 Å². The molecule has 5 rings (SSSR count). The minimum Gasteiger partial charge on any atom is -0.487 e. The zero-order valence-corrected chi connectivity index (χ0v) is 21.6. The van der Waals surface area contributed by atoms with Gasteiger partial charge in [0.05, 0.1) is 7.14 Å². The summed E-state index contributed by atoms with van der Waals surface area (Å²) < 4.78 is 13.5. The fraction of sp³-hybridized carbons (Fsp3) is 0.0370. The first-order chi connectivity index (χ1) is 16.1. The summed E-state index contributed by atoms with van der Waals surface area (Å²) in [6, 6.07) is 28.0. The molecule has 6 heteroatoms. The monoisotopic (exact) mass is 657 g/mol. The van der Waals surface area contributed by atoms with Gasteiger partial charge in [-0.3, -0.25) is 0 Å². The lowest BCUT2D eigenvalue weighted by atomic mass is 10.1. The number of cyclic esters (lactones) is 1. The Hall–Kier alpha value is -2.72. The molecule has 0 unspecified atom stereocenters. The molecule has 0 N–H and O–H groups in total. The molecule has 162 valence electrons. The second-order valence-corrected chi connectivity index (χ2v) is 9.81. The van der Waals surface area contributed by atoms with Crippen LogP contribution in [-0.4, -0.2) is 11.9 Å². The van der Waals surface area contributed by atoms with Crippen LogP contribution in [0.1, 0.15) is 16.7 Å². The van der Waals surface area contributed by atoms with Crippen LogP contribution in [0.2, 0.25) is 0 Å². The number of hydrogen-bond acceptors (Lipinski definition) is 4. The number of hydrogen-bond donors (Lipinski definition) is 0. The van der Waals surface area contributed by atoms with E-state index in [1.54, 1.807) is 6.08 Å². The number of ether oxygens (including phenoxy) is 2. The van der Waals surface area contributed by atoms with Crippen molar-refractivity contribution in [3.63, 3.8) is 0 Å². The highest BCUT2D eigenvalue weighted by molar-refractivity contribution is 14.1. The van der Waals surface area contributed by atoms with Gasteiger partial charge >= 0.3 is 5.97 Å². The molecular weight excluding hydrogens is 640 g/mol. The summed E-state index contributed by atoms with van der Waals surface area (Å²) in [7, 11) is 0. The highest BCUT2D eigenvalue weighted by Gasteiger charge is 2.24. The first kappa shape index (κ1) is 22.1. The first-order valence-electron chi connectivity index (χ1n) is 10.2. The normalized spacial score (nSPS) is 14.4. The van der Waals surface area contributed by atoms with Gasteiger partial charge < -0.3 is 9.47 Å². The van der Waals surface area contributed by atoms with Gasteiger partial charge in [-0.25, -0.2) is 9.79 Å².